The minimum Gasteiger partial charge on any atom is -0.428 e. The Morgan fingerprint density at radius 2 is 1.81 bits per heavy atom. The SMILES string of the molecule is O=C(NC(Cc1ccccc1)(c1cc(F)cc(OC(F)(F)C(F)F)c1)c1ccc(Cl)cn1)C1CC1(F)F. The maximum absolute atomic E-state index is 14.7. The number of alkyl halides is 6. The van der Waals surface area contributed by atoms with E-state index < -0.39 is 53.8 Å². The van der Waals surface area contributed by atoms with Crippen LogP contribution in [0.5, 0.6) is 5.75 Å². The molecule has 0 radical (unpaired) electrons. The number of pyridine rings is 1. The Labute approximate surface area is 211 Å². The van der Waals surface area contributed by atoms with Gasteiger partial charge in [-0.15, -0.1) is 0 Å². The van der Waals surface area contributed by atoms with Crippen LogP contribution in [0.15, 0.2) is 66.9 Å². The first-order valence-corrected chi connectivity index (χ1v) is 11.2. The minimum absolute atomic E-state index is 0.00441. The molecule has 196 valence electrons. The lowest BCUT2D eigenvalue weighted by Gasteiger charge is -2.36. The Hall–Kier alpha value is -3.34. The molecule has 4 rings (SSSR count). The normalized spacial score (nSPS) is 18.2. The van der Waals surface area contributed by atoms with E-state index in [1.807, 2.05) is 0 Å². The number of carbonyl (C=O) groups is 1. The van der Waals surface area contributed by atoms with Gasteiger partial charge >= 0.3 is 12.5 Å². The fraction of sp³-hybridized carbons (Fsp3) is 0.280. The van der Waals surface area contributed by atoms with Crippen LogP contribution in [0, 0.1) is 11.7 Å². The van der Waals surface area contributed by atoms with Crippen LogP contribution in [-0.2, 0) is 16.8 Å². The number of rotatable bonds is 9. The standard InChI is InChI=1S/C25H18ClF7N2O2/c26-16-6-7-20(34-13-16)23(11-14-4-2-1-3-5-14,35-21(36)19-12-24(19,30)31)15-8-17(27)10-18(9-15)37-25(32,33)22(28)29/h1-10,13,19,22H,11-12H2,(H,35,36). The Morgan fingerprint density at radius 3 is 2.38 bits per heavy atom. The van der Waals surface area contributed by atoms with Crippen LogP contribution >= 0.6 is 11.6 Å². The first kappa shape index (κ1) is 26.7. The lowest BCUT2D eigenvalue weighted by molar-refractivity contribution is -0.253. The number of halogens is 8. The van der Waals surface area contributed by atoms with Gasteiger partial charge in [0.2, 0.25) is 5.91 Å². The summed E-state index contributed by atoms with van der Waals surface area (Å²) in [6.45, 7) is 0. The summed E-state index contributed by atoms with van der Waals surface area (Å²) in [7, 11) is 0. The zero-order valence-corrected chi connectivity index (χ0v) is 19.5. The molecule has 3 aromatic rings. The number of hydrogen-bond acceptors (Lipinski definition) is 3. The number of benzene rings is 2. The number of hydrogen-bond donors (Lipinski definition) is 1. The summed E-state index contributed by atoms with van der Waals surface area (Å²) in [6.07, 6.45) is -8.91. The molecule has 4 nitrogen and oxygen atoms in total. The molecular formula is C25H18ClF7N2O2. The molecule has 1 amide bonds. The van der Waals surface area contributed by atoms with E-state index in [-0.39, 0.29) is 22.7 Å². The molecule has 1 aliphatic rings. The zero-order chi connectivity index (χ0) is 27.0. The number of nitrogens with zero attached hydrogens (tertiary/aromatic N) is 1. The largest absolute Gasteiger partial charge is 0.461 e. The highest BCUT2D eigenvalue weighted by Gasteiger charge is 2.62. The second-order valence-corrected chi connectivity index (χ2v) is 9.01. The lowest BCUT2D eigenvalue weighted by atomic mass is 9.80. The van der Waals surface area contributed by atoms with Crippen LogP contribution in [0.4, 0.5) is 30.7 Å². The van der Waals surface area contributed by atoms with Gasteiger partial charge in [-0.05, 0) is 35.4 Å². The molecule has 1 saturated carbocycles. The number of aromatic nitrogens is 1. The molecule has 0 spiro atoms. The maximum Gasteiger partial charge on any atom is 0.461 e. The number of ether oxygens (including phenoxy) is 1. The van der Waals surface area contributed by atoms with Gasteiger partial charge < -0.3 is 10.1 Å². The average Bonchev–Trinajstić information content (AvgIpc) is 3.47. The molecule has 1 fully saturated rings. The molecule has 12 heteroatoms. The molecule has 2 aromatic carbocycles. The number of amides is 1. The smallest absolute Gasteiger partial charge is 0.428 e. The molecule has 1 aliphatic carbocycles. The van der Waals surface area contributed by atoms with Gasteiger partial charge in [0, 0.05) is 25.1 Å². The third-order valence-corrected chi connectivity index (χ3v) is 6.05. The molecule has 37 heavy (non-hydrogen) atoms. The second kappa shape index (κ2) is 9.85. The Balaban J connectivity index is 1.90. The molecule has 0 saturated heterocycles. The van der Waals surface area contributed by atoms with Crippen LogP contribution in [0.2, 0.25) is 5.02 Å². The van der Waals surface area contributed by atoms with E-state index in [1.54, 1.807) is 30.3 Å². The third kappa shape index (κ3) is 5.82. The monoisotopic (exact) mass is 546 g/mol. The summed E-state index contributed by atoms with van der Waals surface area (Å²) in [5, 5.41) is 2.68. The number of nitrogens with one attached hydrogen (secondary N) is 1. The van der Waals surface area contributed by atoms with Crippen molar-refractivity contribution in [2.24, 2.45) is 5.92 Å². The van der Waals surface area contributed by atoms with Gasteiger partial charge in [0.25, 0.3) is 5.92 Å². The van der Waals surface area contributed by atoms with Crippen molar-refractivity contribution in [3.05, 3.63) is 94.5 Å². The molecule has 1 N–H and O–H groups in total. The van der Waals surface area contributed by atoms with Crippen LogP contribution in [-0.4, -0.2) is 29.3 Å². The van der Waals surface area contributed by atoms with Crippen molar-refractivity contribution in [1.29, 1.82) is 0 Å². The van der Waals surface area contributed by atoms with Gasteiger partial charge in [0.1, 0.15) is 23.0 Å². The zero-order valence-electron chi connectivity index (χ0n) is 18.7. The first-order chi connectivity index (χ1) is 17.3. The van der Waals surface area contributed by atoms with E-state index in [1.165, 1.54) is 18.3 Å². The van der Waals surface area contributed by atoms with Crippen LogP contribution < -0.4 is 10.1 Å². The van der Waals surface area contributed by atoms with Crippen LogP contribution in [0.3, 0.4) is 0 Å². The van der Waals surface area contributed by atoms with Gasteiger partial charge in [-0.1, -0.05) is 41.9 Å². The summed E-state index contributed by atoms with van der Waals surface area (Å²) in [4.78, 5) is 17.1. The van der Waals surface area contributed by atoms with Crippen molar-refractivity contribution in [3.8, 4) is 5.75 Å². The van der Waals surface area contributed by atoms with E-state index in [0.717, 1.165) is 12.1 Å². The van der Waals surface area contributed by atoms with Gasteiger partial charge in [-0.2, -0.15) is 17.6 Å². The summed E-state index contributed by atoms with van der Waals surface area (Å²) in [5.41, 5.74) is -1.66. The summed E-state index contributed by atoms with van der Waals surface area (Å²) in [5.74, 6) is -8.18. The van der Waals surface area contributed by atoms with Crippen molar-refractivity contribution in [3.63, 3.8) is 0 Å². The van der Waals surface area contributed by atoms with E-state index in [0.29, 0.717) is 11.6 Å². The fourth-order valence-corrected chi connectivity index (χ4v) is 4.03. The van der Waals surface area contributed by atoms with Gasteiger partial charge in [0.05, 0.1) is 10.7 Å². The molecule has 1 aromatic heterocycles. The fourth-order valence-electron chi connectivity index (χ4n) is 3.92. The van der Waals surface area contributed by atoms with Crippen molar-refractivity contribution in [2.75, 3.05) is 0 Å². The molecule has 1 heterocycles. The Kier molecular flexibility index (Phi) is 7.11. The van der Waals surface area contributed by atoms with Gasteiger partial charge in [0.15, 0.2) is 0 Å². The topological polar surface area (TPSA) is 51.2 Å². The quantitative estimate of drug-likeness (QED) is 0.317. The van der Waals surface area contributed by atoms with Crippen molar-refractivity contribution >= 4 is 17.5 Å². The van der Waals surface area contributed by atoms with E-state index >= 15 is 0 Å². The highest BCUT2D eigenvalue weighted by molar-refractivity contribution is 6.30. The molecule has 0 aliphatic heterocycles. The minimum atomic E-state index is -4.95. The molecule has 2 unspecified atom stereocenters. The predicted molar refractivity (Wildman–Crippen MR) is 119 cm³/mol. The average molecular weight is 547 g/mol. The lowest BCUT2D eigenvalue weighted by Crippen LogP contribution is -2.50. The predicted octanol–water partition coefficient (Wildman–Crippen LogP) is 6.37. The summed E-state index contributed by atoms with van der Waals surface area (Å²) in [6, 6.07) is 13.1. The Bertz CT molecular complexity index is 1280. The van der Waals surface area contributed by atoms with Crippen molar-refractivity contribution in [1.82, 2.24) is 10.3 Å². The van der Waals surface area contributed by atoms with Gasteiger partial charge in [-0.25, -0.2) is 13.2 Å². The molecule has 0 bridgehead atoms. The maximum atomic E-state index is 14.7. The van der Waals surface area contributed by atoms with Crippen LogP contribution in [0.25, 0.3) is 0 Å². The summed E-state index contributed by atoms with van der Waals surface area (Å²) < 4.78 is 99.1. The van der Waals surface area contributed by atoms with Crippen LogP contribution in [0.1, 0.15) is 23.2 Å². The highest BCUT2D eigenvalue weighted by Crippen LogP contribution is 2.49. The Morgan fingerprint density at radius 1 is 1.14 bits per heavy atom. The van der Waals surface area contributed by atoms with E-state index in [4.69, 9.17) is 11.6 Å². The number of carbonyl (C=O) groups excluding carboxylic acids is 1. The van der Waals surface area contributed by atoms with Crippen molar-refractivity contribution in [2.45, 2.75) is 36.8 Å². The molecule has 2 atom stereocenters. The van der Waals surface area contributed by atoms with E-state index in [2.05, 4.69) is 15.0 Å². The third-order valence-electron chi connectivity index (χ3n) is 5.83. The first-order valence-electron chi connectivity index (χ1n) is 10.8. The van der Waals surface area contributed by atoms with Gasteiger partial charge in [-0.3, -0.25) is 9.78 Å². The summed E-state index contributed by atoms with van der Waals surface area (Å²) >= 11 is 5.94. The van der Waals surface area contributed by atoms with E-state index in [9.17, 15) is 35.5 Å². The van der Waals surface area contributed by atoms with Crippen molar-refractivity contribution < 1.29 is 40.3 Å². The molecular weight excluding hydrogens is 529 g/mol. The highest BCUT2D eigenvalue weighted by atomic mass is 35.5. The second-order valence-electron chi connectivity index (χ2n) is 8.58.